The first kappa shape index (κ1) is 33.1. The fraction of sp³-hybridized carbons (Fsp3) is 0. The number of ether oxygens (including phenoxy) is 1. The lowest BCUT2D eigenvalue weighted by atomic mass is 9.93. The van der Waals surface area contributed by atoms with E-state index in [9.17, 15) is 0 Å². The molecule has 0 atom stereocenters. The topological polar surface area (TPSA) is 54.6 Å². The van der Waals surface area contributed by atoms with Gasteiger partial charge in [-0.1, -0.05) is 96.7 Å². The van der Waals surface area contributed by atoms with Crippen molar-refractivity contribution >= 4 is 78.5 Å². The third kappa shape index (κ3) is 5.34. The molecular weight excluding hydrogens is 753 g/mol. The molecule has 0 radical (unpaired) electrons. The summed E-state index contributed by atoms with van der Waals surface area (Å²) in [6, 6.07) is 63.2. The van der Waals surface area contributed by atoms with E-state index in [1.807, 2.05) is 72.4 Å². The van der Waals surface area contributed by atoms with E-state index in [1.165, 1.54) is 9.79 Å². The predicted octanol–water partition coefficient (Wildman–Crippen LogP) is 14.9. The molecule has 0 N–H and O–H groups in total. The number of benzene rings is 8. The van der Waals surface area contributed by atoms with Crippen LogP contribution in [-0.2, 0) is 0 Å². The van der Waals surface area contributed by atoms with Gasteiger partial charge in [-0.15, -0.1) is 11.3 Å². The summed E-state index contributed by atoms with van der Waals surface area (Å²) < 4.78 is 14.1. The van der Waals surface area contributed by atoms with Crippen LogP contribution in [0.2, 0.25) is 0 Å². The Labute approximate surface area is 342 Å². The second-order valence-electron chi connectivity index (χ2n) is 14.2. The Morgan fingerprint density at radius 1 is 0.431 bits per heavy atom. The fourth-order valence-corrected chi connectivity index (χ4v) is 10.2. The molecule has 2 aliphatic heterocycles. The van der Waals surface area contributed by atoms with E-state index in [1.54, 1.807) is 11.3 Å². The van der Waals surface area contributed by atoms with E-state index in [0.717, 1.165) is 94.2 Å². The largest absolute Gasteiger partial charge is 0.453 e. The van der Waals surface area contributed by atoms with Gasteiger partial charge in [0.05, 0.1) is 33.0 Å². The van der Waals surface area contributed by atoms with Gasteiger partial charge in [0.15, 0.2) is 17.1 Å². The highest BCUT2D eigenvalue weighted by molar-refractivity contribution is 7.99. The molecule has 0 spiro atoms. The van der Waals surface area contributed by atoms with Crippen molar-refractivity contribution in [2.24, 2.45) is 0 Å². The molecule has 6 nitrogen and oxygen atoms in total. The number of nitrogens with zero attached hydrogens (tertiary/aromatic N) is 4. The zero-order valence-corrected chi connectivity index (χ0v) is 32.4. The second kappa shape index (κ2) is 13.2. The van der Waals surface area contributed by atoms with Crippen molar-refractivity contribution in [3.8, 4) is 44.7 Å². The summed E-state index contributed by atoms with van der Waals surface area (Å²) in [5.41, 5.74) is 12.7. The van der Waals surface area contributed by atoms with Crippen LogP contribution >= 0.6 is 23.1 Å². The van der Waals surface area contributed by atoms with E-state index in [4.69, 9.17) is 19.1 Å². The van der Waals surface area contributed by atoms with E-state index in [-0.39, 0.29) is 0 Å². The molecule has 0 aliphatic carbocycles. The molecule has 58 heavy (non-hydrogen) atoms. The lowest BCUT2D eigenvalue weighted by molar-refractivity contribution is 0.477. The molecule has 4 heterocycles. The first-order valence-corrected chi connectivity index (χ1v) is 20.7. The Bertz CT molecular complexity index is 2870. The maximum atomic E-state index is 6.61. The van der Waals surface area contributed by atoms with Gasteiger partial charge in [-0.2, -0.15) is 0 Å². The van der Waals surface area contributed by atoms with Gasteiger partial charge in [0.1, 0.15) is 10.5 Å². The first-order chi connectivity index (χ1) is 28.7. The van der Waals surface area contributed by atoms with Gasteiger partial charge in [-0.05, 0) is 108 Å². The highest BCUT2D eigenvalue weighted by atomic mass is 32.2. The summed E-state index contributed by atoms with van der Waals surface area (Å²) in [6.07, 6.45) is 0. The molecule has 2 aliphatic rings. The first-order valence-electron chi connectivity index (χ1n) is 19.1. The van der Waals surface area contributed by atoms with Crippen LogP contribution in [-0.4, -0.2) is 9.97 Å². The van der Waals surface area contributed by atoms with Crippen LogP contribution < -0.4 is 14.5 Å². The maximum Gasteiger partial charge on any atom is 0.228 e. The Morgan fingerprint density at radius 3 is 1.64 bits per heavy atom. The quantitative estimate of drug-likeness (QED) is 0.172. The number of hydrogen-bond donors (Lipinski definition) is 0. The van der Waals surface area contributed by atoms with Crippen LogP contribution in [0.3, 0.4) is 0 Å². The third-order valence-corrected chi connectivity index (χ3v) is 12.9. The van der Waals surface area contributed by atoms with E-state index >= 15 is 0 Å². The molecule has 10 aromatic rings. The van der Waals surface area contributed by atoms with Gasteiger partial charge in [-0.3, -0.25) is 0 Å². The van der Waals surface area contributed by atoms with Crippen molar-refractivity contribution in [1.29, 1.82) is 0 Å². The smallest absolute Gasteiger partial charge is 0.228 e. The molecule has 0 bridgehead atoms. The Morgan fingerprint density at radius 2 is 0.966 bits per heavy atom. The van der Waals surface area contributed by atoms with Crippen molar-refractivity contribution in [2.75, 3.05) is 9.80 Å². The molecule has 274 valence electrons. The zero-order chi connectivity index (χ0) is 38.2. The van der Waals surface area contributed by atoms with Crippen molar-refractivity contribution in [3.05, 3.63) is 182 Å². The summed E-state index contributed by atoms with van der Waals surface area (Å²) in [4.78, 5) is 17.4. The number of anilines is 6. The fourth-order valence-electron chi connectivity index (χ4n) is 8.11. The normalized spacial score (nSPS) is 12.8. The standard InChI is InChI=1S/C50H30N4O2S2/c1-7-19-43-37(13-1)51-49(56-43)35-29-31(53-39-15-3-8-20-44(39)55-45-21-9-4-16-40(45)53)25-27-33(35)34-28-26-32(30-36(34)50-52-38-14-2-10-22-46(38)58-50)54-41-17-5-11-23-47(41)57-48-24-12-6-18-42(48)54/h1-30H. The molecule has 8 heteroatoms. The summed E-state index contributed by atoms with van der Waals surface area (Å²) >= 11 is 3.52. The lowest BCUT2D eigenvalue weighted by Crippen LogP contribution is -2.15. The second-order valence-corrected chi connectivity index (χ2v) is 16.3. The maximum absolute atomic E-state index is 6.61. The van der Waals surface area contributed by atoms with Crippen LogP contribution in [0.25, 0.3) is 54.5 Å². The van der Waals surface area contributed by atoms with Gasteiger partial charge in [0.2, 0.25) is 5.89 Å². The Balaban J connectivity index is 1.11. The number of fused-ring (bicyclic) bond motifs is 6. The van der Waals surface area contributed by atoms with Crippen molar-refractivity contribution in [2.45, 2.75) is 9.79 Å². The number of rotatable bonds is 5. The summed E-state index contributed by atoms with van der Waals surface area (Å²) in [6.45, 7) is 0. The van der Waals surface area contributed by atoms with Crippen LogP contribution in [0.4, 0.5) is 34.1 Å². The lowest BCUT2D eigenvalue weighted by Gasteiger charge is -2.33. The molecule has 0 saturated heterocycles. The van der Waals surface area contributed by atoms with Crippen LogP contribution in [0, 0.1) is 0 Å². The number of para-hydroxylation sites is 9. The summed E-state index contributed by atoms with van der Waals surface area (Å²) in [5.74, 6) is 2.13. The number of aromatic nitrogens is 2. The number of hydrogen-bond acceptors (Lipinski definition) is 8. The van der Waals surface area contributed by atoms with E-state index in [2.05, 4.69) is 131 Å². The van der Waals surface area contributed by atoms with Gasteiger partial charge < -0.3 is 19.0 Å². The Hall–Kier alpha value is -7.13. The van der Waals surface area contributed by atoms with Crippen LogP contribution in [0.5, 0.6) is 11.5 Å². The van der Waals surface area contributed by atoms with Gasteiger partial charge >= 0.3 is 0 Å². The molecule has 8 aromatic carbocycles. The SMILES string of the molecule is c1ccc2c(c1)Oc1ccccc1N2c1ccc(-c2ccc(N3c4ccccc4Sc4ccccc43)cc2-c2nc3ccccc3s2)c(-c2nc3ccccc3o2)c1. The average molecular weight is 783 g/mol. The van der Waals surface area contributed by atoms with E-state index < -0.39 is 0 Å². The van der Waals surface area contributed by atoms with Crippen molar-refractivity contribution < 1.29 is 9.15 Å². The molecule has 0 amide bonds. The predicted molar refractivity (Wildman–Crippen MR) is 237 cm³/mol. The highest BCUT2D eigenvalue weighted by Crippen LogP contribution is 2.54. The molecule has 0 fully saturated rings. The van der Waals surface area contributed by atoms with Gasteiger partial charge in [-0.25, -0.2) is 9.97 Å². The molecule has 0 unspecified atom stereocenters. The zero-order valence-electron chi connectivity index (χ0n) is 30.7. The van der Waals surface area contributed by atoms with Crippen molar-refractivity contribution in [1.82, 2.24) is 9.97 Å². The molecule has 2 aromatic heterocycles. The molecule has 0 saturated carbocycles. The molecular formula is C50H30N4O2S2. The van der Waals surface area contributed by atoms with Crippen LogP contribution in [0.1, 0.15) is 0 Å². The Kier molecular flexibility index (Phi) is 7.54. The minimum Gasteiger partial charge on any atom is -0.453 e. The van der Waals surface area contributed by atoms with Gasteiger partial charge in [0, 0.05) is 32.3 Å². The summed E-state index contributed by atoms with van der Waals surface area (Å²) in [7, 11) is 0. The number of oxazole rings is 1. The monoisotopic (exact) mass is 782 g/mol. The summed E-state index contributed by atoms with van der Waals surface area (Å²) in [5, 5.41) is 0.939. The number of thiazole rings is 1. The van der Waals surface area contributed by atoms with Crippen molar-refractivity contribution in [3.63, 3.8) is 0 Å². The minimum atomic E-state index is 0.545. The minimum absolute atomic E-state index is 0.545. The van der Waals surface area contributed by atoms with Gasteiger partial charge in [0.25, 0.3) is 0 Å². The highest BCUT2D eigenvalue weighted by Gasteiger charge is 2.29. The molecule has 12 rings (SSSR count). The van der Waals surface area contributed by atoms with E-state index in [0.29, 0.717) is 5.89 Å². The van der Waals surface area contributed by atoms with Crippen LogP contribution in [0.15, 0.2) is 196 Å². The average Bonchev–Trinajstić information content (AvgIpc) is 3.92. The third-order valence-electron chi connectivity index (χ3n) is 10.7.